The van der Waals surface area contributed by atoms with E-state index in [2.05, 4.69) is 36.0 Å². The van der Waals surface area contributed by atoms with Crippen molar-refractivity contribution in [1.29, 1.82) is 0 Å². The molecule has 2 aromatic rings. The molecule has 1 saturated heterocycles. The molecule has 1 aromatic carbocycles. The van der Waals surface area contributed by atoms with E-state index < -0.39 is 6.10 Å². The molecule has 3 rings (SSSR count). The van der Waals surface area contributed by atoms with Crippen molar-refractivity contribution in [2.75, 3.05) is 26.2 Å². The second-order valence-electron chi connectivity index (χ2n) is 6.85. The normalized spacial score (nSPS) is 20.2. The van der Waals surface area contributed by atoms with Crippen molar-refractivity contribution < 1.29 is 9.84 Å². The number of rotatable bonds is 5. The number of hydrogen-bond donors (Lipinski definition) is 1. The minimum Gasteiger partial charge on any atom is -0.387 e. The number of aryl methyl sites for hydroxylation is 3. The van der Waals surface area contributed by atoms with Crippen LogP contribution in [0.5, 0.6) is 0 Å². The summed E-state index contributed by atoms with van der Waals surface area (Å²) in [5, 5.41) is 14.9. The van der Waals surface area contributed by atoms with Gasteiger partial charge in [-0.1, -0.05) is 18.2 Å². The third kappa shape index (κ3) is 4.23. The molecule has 1 fully saturated rings. The topological polar surface area (TPSA) is 50.5 Å². The Labute approximate surface area is 143 Å². The lowest BCUT2D eigenvalue weighted by molar-refractivity contribution is -0.0486. The SMILES string of the molecule is Cc1cnn(C[C@H]2CN(C[C@@H](O)c3ccc(C)c(C)c3)CCO2)c1. The Morgan fingerprint density at radius 1 is 1.29 bits per heavy atom. The summed E-state index contributed by atoms with van der Waals surface area (Å²) in [6.45, 7) is 9.99. The predicted molar refractivity (Wildman–Crippen MR) is 94.0 cm³/mol. The van der Waals surface area contributed by atoms with Crippen LogP contribution in [0, 0.1) is 20.8 Å². The summed E-state index contributed by atoms with van der Waals surface area (Å²) in [7, 11) is 0. The highest BCUT2D eigenvalue weighted by Gasteiger charge is 2.23. The van der Waals surface area contributed by atoms with Gasteiger partial charge in [0, 0.05) is 25.8 Å². The van der Waals surface area contributed by atoms with Crippen LogP contribution in [0.1, 0.15) is 28.4 Å². The number of nitrogens with zero attached hydrogens (tertiary/aromatic N) is 3. The molecule has 0 unspecified atom stereocenters. The molecule has 1 N–H and O–H groups in total. The lowest BCUT2D eigenvalue weighted by Gasteiger charge is -2.34. The fourth-order valence-corrected chi connectivity index (χ4v) is 3.15. The number of aliphatic hydroxyl groups is 1. The van der Waals surface area contributed by atoms with Crippen molar-refractivity contribution >= 4 is 0 Å². The molecule has 0 radical (unpaired) electrons. The fraction of sp³-hybridized carbons (Fsp3) is 0.526. The van der Waals surface area contributed by atoms with Gasteiger partial charge in [-0.2, -0.15) is 5.10 Å². The summed E-state index contributed by atoms with van der Waals surface area (Å²) in [5.41, 5.74) is 4.63. The van der Waals surface area contributed by atoms with Gasteiger partial charge in [0.1, 0.15) is 0 Å². The van der Waals surface area contributed by atoms with Gasteiger partial charge >= 0.3 is 0 Å². The Bertz CT molecular complexity index is 683. The molecule has 130 valence electrons. The van der Waals surface area contributed by atoms with Gasteiger partial charge in [-0.15, -0.1) is 0 Å². The van der Waals surface area contributed by atoms with Gasteiger partial charge in [-0.3, -0.25) is 9.58 Å². The second-order valence-corrected chi connectivity index (χ2v) is 6.85. The van der Waals surface area contributed by atoms with Crippen LogP contribution >= 0.6 is 0 Å². The van der Waals surface area contributed by atoms with E-state index in [0.717, 1.165) is 30.8 Å². The van der Waals surface area contributed by atoms with E-state index in [1.807, 2.05) is 30.1 Å². The van der Waals surface area contributed by atoms with Crippen molar-refractivity contribution in [3.8, 4) is 0 Å². The zero-order valence-corrected chi connectivity index (χ0v) is 14.8. The number of benzene rings is 1. The van der Waals surface area contributed by atoms with E-state index in [4.69, 9.17) is 4.74 Å². The lowest BCUT2D eigenvalue weighted by Crippen LogP contribution is -2.45. The highest BCUT2D eigenvalue weighted by molar-refractivity contribution is 5.31. The van der Waals surface area contributed by atoms with E-state index in [9.17, 15) is 5.11 Å². The number of hydrogen-bond acceptors (Lipinski definition) is 4. The smallest absolute Gasteiger partial charge is 0.0917 e. The first-order valence-corrected chi connectivity index (χ1v) is 8.59. The average molecular weight is 329 g/mol. The number of aliphatic hydroxyl groups excluding tert-OH is 1. The molecular weight excluding hydrogens is 302 g/mol. The summed E-state index contributed by atoms with van der Waals surface area (Å²) < 4.78 is 7.79. The molecule has 0 aliphatic carbocycles. The maximum Gasteiger partial charge on any atom is 0.0917 e. The van der Waals surface area contributed by atoms with E-state index in [1.165, 1.54) is 11.1 Å². The van der Waals surface area contributed by atoms with Crippen LogP contribution < -0.4 is 0 Å². The lowest BCUT2D eigenvalue weighted by atomic mass is 10.0. The third-order valence-electron chi connectivity index (χ3n) is 4.72. The summed E-state index contributed by atoms with van der Waals surface area (Å²) in [4.78, 5) is 2.28. The van der Waals surface area contributed by atoms with E-state index in [-0.39, 0.29) is 6.10 Å². The molecule has 2 heterocycles. The van der Waals surface area contributed by atoms with Crippen molar-refractivity contribution in [3.63, 3.8) is 0 Å². The van der Waals surface area contributed by atoms with Crippen LogP contribution in [0.25, 0.3) is 0 Å². The Morgan fingerprint density at radius 2 is 2.12 bits per heavy atom. The molecule has 2 atom stereocenters. The Balaban J connectivity index is 1.57. The standard InChI is InChI=1S/C19H27N3O2/c1-14-9-20-22(10-14)12-18-11-21(6-7-24-18)13-19(23)17-5-4-15(2)16(3)8-17/h4-5,8-10,18-19,23H,6-7,11-13H2,1-3H3/t18-,19-/m1/s1. The first kappa shape index (κ1) is 17.1. The first-order chi connectivity index (χ1) is 11.5. The van der Waals surface area contributed by atoms with E-state index in [1.54, 1.807) is 0 Å². The monoisotopic (exact) mass is 329 g/mol. The van der Waals surface area contributed by atoms with Crippen LogP contribution in [-0.4, -0.2) is 52.1 Å². The quantitative estimate of drug-likeness (QED) is 0.914. The minimum atomic E-state index is -0.463. The van der Waals surface area contributed by atoms with Gasteiger partial charge in [0.25, 0.3) is 0 Å². The molecular formula is C19H27N3O2. The molecule has 1 aromatic heterocycles. The summed E-state index contributed by atoms with van der Waals surface area (Å²) in [5.74, 6) is 0. The maximum absolute atomic E-state index is 10.6. The fourth-order valence-electron chi connectivity index (χ4n) is 3.15. The van der Waals surface area contributed by atoms with Gasteiger partial charge in [-0.25, -0.2) is 0 Å². The Morgan fingerprint density at radius 3 is 2.83 bits per heavy atom. The summed E-state index contributed by atoms with van der Waals surface area (Å²) in [6, 6.07) is 6.19. The number of aromatic nitrogens is 2. The summed E-state index contributed by atoms with van der Waals surface area (Å²) in [6.07, 6.45) is 3.55. The highest BCUT2D eigenvalue weighted by atomic mass is 16.5. The molecule has 0 bridgehead atoms. The third-order valence-corrected chi connectivity index (χ3v) is 4.72. The molecule has 1 aliphatic rings. The Kier molecular flexibility index (Phi) is 5.33. The predicted octanol–water partition coefficient (Wildman–Crippen LogP) is 2.24. The van der Waals surface area contributed by atoms with Gasteiger partial charge in [0.2, 0.25) is 0 Å². The van der Waals surface area contributed by atoms with E-state index >= 15 is 0 Å². The van der Waals surface area contributed by atoms with Gasteiger partial charge in [-0.05, 0) is 43.0 Å². The molecule has 0 spiro atoms. The zero-order chi connectivity index (χ0) is 17.1. The number of morpholine rings is 1. The molecule has 5 heteroatoms. The van der Waals surface area contributed by atoms with E-state index in [0.29, 0.717) is 13.2 Å². The molecule has 5 nitrogen and oxygen atoms in total. The molecule has 1 aliphatic heterocycles. The zero-order valence-electron chi connectivity index (χ0n) is 14.8. The molecule has 0 amide bonds. The number of ether oxygens (including phenoxy) is 1. The molecule has 24 heavy (non-hydrogen) atoms. The first-order valence-electron chi connectivity index (χ1n) is 8.59. The van der Waals surface area contributed by atoms with Crippen molar-refractivity contribution in [3.05, 3.63) is 52.8 Å². The minimum absolute atomic E-state index is 0.116. The van der Waals surface area contributed by atoms with Gasteiger partial charge < -0.3 is 9.84 Å². The van der Waals surface area contributed by atoms with Crippen LogP contribution in [0.3, 0.4) is 0 Å². The van der Waals surface area contributed by atoms with Crippen LogP contribution in [0.2, 0.25) is 0 Å². The van der Waals surface area contributed by atoms with Gasteiger partial charge in [0.15, 0.2) is 0 Å². The Hall–Kier alpha value is -1.69. The molecule has 0 saturated carbocycles. The largest absolute Gasteiger partial charge is 0.387 e. The summed E-state index contributed by atoms with van der Waals surface area (Å²) >= 11 is 0. The van der Waals surface area contributed by atoms with Crippen molar-refractivity contribution in [2.45, 2.75) is 39.5 Å². The average Bonchev–Trinajstić information content (AvgIpc) is 2.95. The van der Waals surface area contributed by atoms with Crippen LogP contribution in [0.15, 0.2) is 30.6 Å². The van der Waals surface area contributed by atoms with Gasteiger partial charge in [0.05, 0.1) is 31.6 Å². The van der Waals surface area contributed by atoms with Crippen molar-refractivity contribution in [1.82, 2.24) is 14.7 Å². The second kappa shape index (κ2) is 7.47. The van der Waals surface area contributed by atoms with Crippen LogP contribution in [0.4, 0.5) is 0 Å². The highest BCUT2D eigenvalue weighted by Crippen LogP contribution is 2.19. The maximum atomic E-state index is 10.6. The van der Waals surface area contributed by atoms with Crippen LogP contribution in [-0.2, 0) is 11.3 Å². The number of β-amino-alcohol motifs (C(OH)–C–C–N with tert-alkyl or cyclic N) is 1. The van der Waals surface area contributed by atoms with Crippen molar-refractivity contribution in [2.24, 2.45) is 0 Å².